The lowest BCUT2D eigenvalue weighted by Crippen LogP contribution is -2.58. The molecule has 1 saturated heterocycles. The fourth-order valence-electron chi connectivity index (χ4n) is 4.23. The van der Waals surface area contributed by atoms with Gasteiger partial charge in [-0.2, -0.15) is 0 Å². The summed E-state index contributed by atoms with van der Waals surface area (Å²) in [5, 5.41) is 15.3. The van der Waals surface area contributed by atoms with E-state index in [4.69, 9.17) is 0 Å². The van der Waals surface area contributed by atoms with Crippen LogP contribution in [0, 0.1) is 11.8 Å². The van der Waals surface area contributed by atoms with Crippen molar-refractivity contribution >= 4 is 5.71 Å². The highest BCUT2D eigenvalue weighted by Gasteiger charge is 2.46. The molecule has 18 heavy (non-hydrogen) atoms. The van der Waals surface area contributed by atoms with Crippen molar-refractivity contribution in [2.45, 2.75) is 70.5 Å². The summed E-state index contributed by atoms with van der Waals surface area (Å²) < 4.78 is 0. The molecular weight excluding hydrogens is 226 g/mol. The fourth-order valence-corrected chi connectivity index (χ4v) is 4.23. The fraction of sp³-hybridized carbons (Fsp3) is 0.929. The van der Waals surface area contributed by atoms with E-state index in [2.05, 4.69) is 29.4 Å². The predicted molar refractivity (Wildman–Crippen MR) is 71.6 cm³/mol. The molecule has 2 saturated carbocycles. The third kappa shape index (κ3) is 1.95. The molecule has 4 heteroatoms. The summed E-state index contributed by atoms with van der Waals surface area (Å²) >= 11 is 0. The van der Waals surface area contributed by atoms with Crippen molar-refractivity contribution < 1.29 is 5.21 Å². The minimum absolute atomic E-state index is 0.289. The van der Waals surface area contributed by atoms with E-state index < -0.39 is 0 Å². The van der Waals surface area contributed by atoms with Crippen LogP contribution in [0.4, 0.5) is 0 Å². The highest BCUT2D eigenvalue weighted by Crippen LogP contribution is 2.43. The van der Waals surface area contributed by atoms with Crippen LogP contribution in [0.25, 0.3) is 0 Å². The molecule has 0 radical (unpaired) electrons. The smallest absolute Gasteiger partial charge is 0.0787 e. The van der Waals surface area contributed by atoms with Gasteiger partial charge in [-0.25, -0.2) is 10.4 Å². The van der Waals surface area contributed by atoms with Gasteiger partial charge in [-0.15, -0.1) is 0 Å². The second-order valence-electron chi connectivity index (χ2n) is 6.44. The number of hydrogen-bond acceptors (Lipinski definition) is 4. The van der Waals surface area contributed by atoms with Crippen LogP contribution in [-0.2, 0) is 0 Å². The topological polar surface area (TPSA) is 47.9 Å². The van der Waals surface area contributed by atoms with Crippen LogP contribution in [0.1, 0.15) is 52.4 Å². The Morgan fingerprint density at radius 2 is 1.89 bits per heavy atom. The number of rotatable bonds is 2. The lowest BCUT2D eigenvalue weighted by Gasteiger charge is -2.42. The average molecular weight is 251 g/mol. The summed E-state index contributed by atoms with van der Waals surface area (Å²) in [5.41, 5.74) is 4.70. The van der Waals surface area contributed by atoms with Gasteiger partial charge >= 0.3 is 0 Å². The van der Waals surface area contributed by atoms with Gasteiger partial charge in [0.15, 0.2) is 0 Å². The van der Waals surface area contributed by atoms with Crippen LogP contribution < -0.4 is 5.43 Å². The first-order chi connectivity index (χ1) is 8.70. The maximum Gasteiger partial charge on any atom is 0.0787 e. The normalized spacial score (nSPS) is 47.0. The Bertz CT molecular complexity index is 334. The average Bonchev–Trinajstić information content (AvgIpc) is 2.94. The number of hydrogen-bond donors (Lipinski definition) is 2. The first-order valence-electron chi connectivity index (χ1n) is 7.47. The maximum atomic E-state index is 9.25. The third-order valence-electron chi connectivity index (χ3n) is 5.28. The van der Waals surface area contributed by atoms with Crippen LogP contribution >= 0.6 is 0 Å². The maximum absolute atomic E-state index is 9.25. The van der Waals surface area contributed by atoms with E-state index in [9.17, 15) is 5.21 Å². The molecule has 1 aliphatic heterocycles. The molecule has 5 atom stereocenters. The number of piperidine rings is 1. The summed E-state index contributed by atoms with van der Waals surface area (Å²) in [6.45, 7) is 4.59. The number of hydrazine groups is 1. The van der Waals surface area contributed by atoms with Crippen LogP contribution in [0.3, 0.4) is 0 Å². The van der Waals surface area contributed by atoms with Gasteiger partial charge in [-0.05, 0) is 51.9 Å². The molecular formula is C14H25N3O. The molecule has 2 aliphatic carbocycles. The Morgan fingerprint density at radius 3 is 2.56 bits per heavy atom. The van der Waals surface area contributed by atoms with Gasteiger partial charge in [0.05, 0.1) is 11.8 Å². The Kier molecular flexibility index (Phi) is 3.32. The summed E-state index contributed by atoms with van der Waals surface area (Å²) in [6.07, 6.45) is 7.59. The summed E-state index contributed by atoms with van der Waals surface area (Å²) in [6, 6.07) is 1.47. The monoisotopic (exact) mass is 251 g/mol. The zero-order chi connectivity index (χ0) is 12.7. The van der Waals surface area contributed by atoms with Crippen LogP contribution in [-0.4, -0.2) is 34.1 Å². The minimum atomic E-state index is 0.289. The van der Waals surface area contributed by atoms with Crippen molar-refractivity contribution in [2.24, 2.45) is 17.0 Å². The molecule has 102 valence electrons. The predicted octanol–water partition coefficient (Wildman–Crippen LogP) is 2.38. The molecule has 0 aromatic heterocycles. The summed E-state index contributed by atoms with van der Waals surface area (Å²) in [7, 11) is 0. The highest BCUT2D eigenvalue weighted by molar-refractivity contribution is 5.94. The first kappa shape index (κ1) is 12.4. The van der Waals surface area contributed by atoms with E-state index >= 15 is 0 Å². The molecule has 0 spiro atoms. The Balaban J connectivity index is 1.72. The molecule has 3 aliphatic rings. The van der Waals surface area contributed by atoms with Gasteiger partial charge in [-0.1, -0.05) is 11.6 Å². The zero-order valence-corrected chi connectivity index (χ0v) is 11.5. The molecule has 3 fully saturated rings. The number of oxime groups is 1. The molecule has 4 nitrogen and oxygen atoms in total. The highest BCUT2D eigenvalue weighted by atomic mass is 16.4. The SMILES string of the molecule is C[C@@H]1CCC[C@H](C)N1N[C@H]1/C(=N/O)[C@H]2CC[C@@H]1C2. The van der Waals surface area contributed by atoms with E-state index in [-0.39, 0.29) is 6.04 Å². The summed E-state index contributed by atoms with van der Waals surface area (Å²) in [4.78, 5) is 0. The lowest BCUT2D eigenvalue weighted by atomic mass is 9.93. The second kappa shape index (κ2) is 4.82. The molecule has 1 heterocycles. The third-order valence-corrected chi connectivity index (χ3v) is 5.28. The number of nitrogens with one attached hydrogen (secondary N) is 1. The van der Waals surface area contributed by atoms with E-state index in [0.717, 1.165) is 5.71 Å². The van der Waals surface area contributed by atoms with Crippen molar-refractivity contribution in [2.75, 3.05) is 0 Å². The van der Waals surface area contributed by atoms with E-state index in [1.165, 1.54) is 38.5 Å². The van der Waals surface area contributed by atoms with Crippen molar-refractivity contribution in [1.82, 2.24) is 10.4 Å². The standard InChI is InChI=1S/C14H25N3O/c1-9-4-3-5-10(2)17(9)15-13-11-6-7-12(8-11)14(13)16-18/h9-13,15,18H,3-8H2,1-2H3/b16-14+/t9-,10+,11-,12+,13-/m1/s1. The molecule has 2 bridgehead atoms. The van der Waals surface area contributed by atoms with Crippen LogP contribution in [0.15, 0.2) is 5.16 Å². The first-order valence-corrected chi connectivity index (χ1v) is 7.47. The molecule has 0 unspecified atom stereocenters. The molecule has 3 rings (SSSR count). The van der Waals surface area contributed by atoms with Gasteiger partial charge in [0.25, 0.3) is 0 Å². The van der Waals surface area contributed by atoms with Crippen molar-refractivity contribution in [3.8, 4) is 0 Å². The van der Waals surface area contributed by atoms with Gasteiger partial charge in [0.1, 0.15) is 0 Å². The van der Waals surface area contributed by atoms with E-state index in [0.29, 0.717) is 23.9 Å². The molecule has 2 N–H and O–H groups in total. The Hall–Kier alpha value is -0.610. The zero-order valence-electron chi connectivity index (χ0n) is 11.5. The van der Waals surface area contributed by atoms with Crippen molar-refractivity contribution in [1.29, 1.82) is 0 Å². The Labute approximate surface area is 109 Å². The minimum Gasteiger partial charge on any atom is -0.411 e. The van der Waals surface area contributed by atoms with Gasteiger partial charge < -0.3 is 5.21 Å². The van der Waals surface area contributed by atoms with Crippen molar-refractivity contribution in [3.63, 3.8) is 0 Å². The summed E-state index contributed by atoms with van der Waals surface area (Å²) in [5.74, 6) is 1.22. The second-order valence-corrected chi connectivity index (χ2v) is 6.44. The van der Waals surface area contributed by atoms with Gasteiger partial charge in [0, 0.05) is 18.0 Å². The van der Waals surface area contributed by atoms with Crippen molar-refractivity contribution in [3.05, 3.63) is 0 Å². The lowest BCUT2D eigenvalue weighted by molar-refractivity contribution is 0.0318. The molecule has 0 aromatic rings. The Morgan fingerprint density at radius 1 is 1.17 bits per heavy atom. The number of fused-ring (bicyclic) bond motifs is 2. The number of nitrogens with zero attached hydrogens (tertiary/aromatic N) is 2. The van der Waals surface area contributed by atoms with Gasteiger partial charge in [0.2, 0.25) is 0 Å². The molecule has 0 amide bonds. The van der Waals surface area contributed by atoms with Gasteiger partial charge in [-0.3, -0.25) is 0 Å². The molecule has 0 aromatic carbocycles. The van der Waals surface area contributed by atoms with Crippen LogP contribution in [0.2, 0.25) is 0 Å². The van der Waals surface area contributed by atoms with E-state index in [1.54, 1.807) is 0 Å². The quantitative estimate of drug-likeness (QED) is 0.585. The van der Waals surface area contributed by atoms with E-state index in [1.807, 2.05) is 0 Å². The largest absolute Gasteiger partial charge is 0.411 e. The van der Waals surface area contributed by atoms with Crippen LogP contribution in [0.5, 0.6) is 0 Å².